The van der Waals surface area contributed by atoms with E-state index in [-0.39, 0.29) is 17.2 Å². The average molecular weight is 388 g/mol. The van der Waals surface area contributed by atoms with Crippen LogP contribution in [0.2, 0.25) is 0 Å². The average Bonchev–Trinajstić information content (AvgIpc) is 3.09. The first-order chi connectivity index (χ1) is 12.5. The lowest BCUT2D eigenvalue weighted by molar-refractivity contribution is -0.118. The number of rotatable bonds is 6. The summed E-state index contributed by atoms with van der Waals surface area (Å²) in [7, 11) is 0. The van der Waals surface area contributed by atoms with E-state index in [0.717, 1.165) is 17.7 Å². The fourth-order valence-corrected chi connectivity index (χ4v) is 4.13. The molecule has 0 fully saturated rings. The summed E-state index contributed by atoms with van der Waals surface area (Å²) in [6.07, 6.45) is 0.892. The van der Waals surface area contributed by atoms with Gasteiger partial charge in [0.05, 0.1) is 17.0 Å². The summed E-state index contributed by atoms with van der Waals surface area (Å²) in [5.41, 5.74) is 3.64. The highest BCUT2D eigenvalue weighted by Crippen LogP contribution is 2.24. The molecule has 2 heterocycles. The van der Waals surface area contributed by atoms with Crippen LogP contribution in [0.3, 0.4) is 0 Å². The van der Waals surface area contributed by atoms with Gasteiger partial charge in [0.15, 0.2) is 5.16 Å². The number of benzene rings is 1. The molecular weight excluding hydrogens is 366 g/mol. The first kappa shape index (κ1) is 18.7. The van der Waals surface area contributed by atoms with Crippen LogP contribution in [0, 0.1) is 13.8 Å². The largest absolute Gasteiger partial charge is 0.355 e. The van der Waals surface area contributed by atoms with Crippen LogP contribution in [0.5, 0.6) is 0 Å². The van der Waals surface area contributed by atoms with Crippen molar-refractivity contribution in [3.05, 3.63) is 51.1 Å². The monoisotopic (exact) mass is 387 g/mol. The summed E-state index contributed by atoms with van der Waals surface area (Å²) in [5, 5.41) is 5.26. The number of nitrogens with one attached hydrogen (secondary N) is 1. The van der Waals surface area contributed by atoms with Crippen molar-refractivity contribution >= 4 is 39.2 Å². The van der Waals surface area contributed by atoms with E-state index < -0.39 is 0 Å². The molecule has 0 aliphatic rings. The van der Waals surface area contributed by atoms with Gasteiger partial charge in [0.2, 0.25) is 5.91 Å². The van der Waals surface area contributed by atoms with Crippen molar-refractivity contribution in [1.29, 1.82) is 0 Å². The second-order valence-electron chi connectivity index (χ2n) is 6.08. The Balaban J connectivity index is 2.04. The topological polar surface area (TPSA) is 64.0 Å². The smallest absolute Gasteiger partial charge is 0.276 e. The maximum absolute atomic E-state index is 13.0. The Bertz CT molecular complexity index is 1010. The molecule has 0 saturated carbocycles. The van der Waals surface area contributed by atoms with Crippen molar-refractivity contribution in [3.8, 4) is 5.69 Å². The third-order valence-electron chi connectivity index (χ3n) is 4.10. The summed E-state index contributed by atoms with van der Waals surface area (Å²) in [6.45, 7) is 6.72. The Hall–Kier alpha value is -2.12. The molecule has 0 aliphatic carbocycles. The fourth-order valence-electron chi connectivity index (χ4n) is 2.53. The van der Waals surface area contributed by atoms with Gasteiger partial charge < -0.3 is 5.32 Å². The first-order valence-corrected chi connectivity index (χ1v) is 10.3. The standard InChI is InChI=1S/C19H21N3O2S2/c1-4-8-20-16(23)11-26-19-21-15-7-9-25-17(15)18(24)22(19)14-6-5-12(2)13(3)10-14/h5-7,9-10H,4,8,11H2,1-3H3,(H,20,23). The molecule has 1 amide bonds. The molecule has 0 bridgehead atoms. The molecule has 26 heavy (non-hydrogen) atoms. The number of aromatic nitrogens is 2. The molecule has 0 saturated heterocycles. The highest BCUT2D eigenvalue weighted by atomic mass is 32.2. The number of amides is 1. The van der Waals surface area contributed by atoms with Crippen LogP contribution in [0.4, 0.5) is 0 Å². The van der Waals surface area contributed by atoms with Gasteiger partial charge in [-0.05, 0) is 55.0 Å². The number of thiophene rings is 1. The second-order valence-corrected chi connectivity index (χ2v) is 7.94. The number of nitrogens with zero attached hydrogens (tertiary/aromatic N) is 2. The molecule has 0 spiro atoms. The van der Waals surface area contributed by atoms with E-state index in [9.17, 15) is 9.59 Å². The van der Waals surface area contributed by atoms with Gasteiger partial charge in [-0.25, -0.2) is 4.98 Å². The van der Waals surface area contributed by atoms with Crippen LogP contribution in [-0.2, 0) is 4.79 Å². The Labute approximate surface area is 160 Å². The molecule has 0 radical (unpaired) electrons. The van der Waals surface area contributed by atoms with Crippen LogP contribution in [-0.4, -0.2) is 27.8 Å². The molecule has 1 N–H and O–H groups in total. The molecule has 1 aromatic carbocycles. The number of carbonyl (C=O) groups is 1. The van der Waals surface area contributed by atoms with Gasteiger partial charge in [-0.15, -0.1) is 11.3 Å². The van der Waals surface area contributed by atoms with E-state index in [1.165, 1.54) is 28.7 Å². The van der Waals surface area contributed by atoms with Gasteiger partial charge in [-0.1, -0.05) is 24.8 Å². The van der Waals surface area contributed by atoms with E-state index in [2.05, 4.69) is 10.3 Å². The second kappa shape index (κ2) is 8.05. The molecule has 136 valence electrons. The van der Waals surface area contributed by atoms with Crippen LogP contribution in [0.1, 0.15) is 24.5 Å². The van der Waals surface area contributed by atoms with Crippen molar-refractivity contribution in [3.63, 3.8) is 0 Å². The van der Waals surface area contributed by atoms with E-state index >= 15 is 0 Å². The number of fused-ring (bicyclic) bond motifs is 1. The van der Waals surface area contributed by atoms with Crippen molar-refractivity contribution in [1.82, 2.24) is 14.9 Å². The lowest BCUT2D eigenvalue weighted by atomic mass is 10.1. The number of hydrogen-bond donors (Lipinski definition) is 1. The van der Waals surface area contributed by atoms with Crippen LogP contribution < -0.4 is 10.9 Å². The third kappa shape index (κ3) is 3.83. The summed E-state index contributed by atoms with van der Waals surface area (Å²) in [5.74, 6) is 0.176. The Morgan fingerprint density at radius 1 is 1.27 bits per heavy atom. The highest BCUT2D eigenvalue weighted by Gasteiger charge is 2.16. The Morgan fingerprint density at radius 3 is 2.81 bits per heavy atom. The van der Waals surface area contributed by atoms with Crippen molar-refractivity contribution in [2.75, 3.05) is 12.3 Å². The molecule has 2 aromatic heterocycles. The van der Waals surface area contributed by atoms with E-state index in [4.69, 9.17) is 0 Å². The Morgan fingerprint density at radius 2 is 2.08 bits per heavy atom. The fraction of sp³-hybridized carbons (Fsp3) is 0.316. The molecule has 3 rings (SSSR count). The molecular formula is C19H21N3O2S2. The van der Waals surface area contributed by atoms with Crippen molar-refractivity contribution in [2.45, 2.75) is 32.3 Å². The predicted molar refractivity (Wildman–Crippen MR) is 109 cm³/mol. The van der Waals surface area contributed by atoms with Gasteiger partial charge >= 0.3 is 0 Å². The minimum Gasteiger partial charge on any atom is -0.355 e. The summed E-state index contributed by atoms with van der Waals surface area (Å²) >= 11 is 2.68. The van der Waals surface area contributed by atoms with Gasteiger partial charge in [0, 0.05) is 6.54 Å². The van der Waals surface area contributed by atoms with Crippen molar-refractivity contribution < 1.29 is 4.79 Å². The molecule has 5 nitrogen and oxygen atoms in total. The van der Waals surface area contributed by atoms with Gasteiger partial charge in [-0.3, -0.25) is 14.2 Å². The van der Waals surface area contributed by atoms with E-state index in [0.29, 0.717) is 21.9 Å². The molecule has 0 unspecified atom stereocenters. The lowest BCUT2D eigenvalue weighted by Gasteiger charge is -2.13. The van der Waals surface area contributed by atoms with E-state index in [1.807, 2.05) is 50.4 Å². The maximum Gasteiger partial charge on any atom is 0.276 e. The van der Waals surface area contributed by atoms with Crippen LogP contribution in [0.15, 0.2) is 39.6 Å². The summed E-state index contributed by atoms with van der Waals surface area (Å²) in [4.78, 5) is 29.7. The van der Waals surface area contributed by atoms with Gasteiger partial charge in [0.1, 0.15) is 4.70 Å². The zero-order valence-electron chi connectivity index (χ0n) is 15.0. The van der Waals surface area contributed by atoms with E-state index in [1.54, 1.807) is 4.57 Å². The minimum absolute atomic E-state index is 0.0526. The SMILES string of the molecule is CCCNC(=O)CSc1nc2ccsc2c(=O)n1-c1ccc(C)c(C)c1. The lowest BCUT2D eigenvalue weighted by Crippen LogP contribution is -2.27. The number of aryl methyl sites for hydroxylation is 2. The van der Waals surface area contributed by atoms with Crippen molar-refractivity contribution in [2.24, 2.45) is 0 Å². The number of thioether (sulfide) groups is 1. The first-order valence-electron chi connectivity index (χ1n) is 8.48. The zero-order valence-corrected chi connectivity index (χ0v) is 16.7. The molecule has 7 heteroatoms. The third-order valence-corrected chi connectivity index (χ3v) is 5.93. The molecule has 3 aromatic rings. The maximum atomic E-state index is 13.0. The summed E-state index contributed by atoms with van der Waals surface area (Å²) < 4.78 is 2.24. The predicted octanol–water partition coefficient (Wildman–Crippen LogP) is 3.68. The quantitative estimate of drug-likeness (QED) is 0.518. The van der Waals surface area contributed by atoms with Gasteiger partial charge in [-0.2, -0.15) is 0 Å². The zero-order chi connectivity index (χ0) is 18.7. The van der Waals surface area contributed by atoms with Crippen LogP contribution in [0.25, 0.3) is 15.9 Å². The number of carbonyl (C=O) groups excluding carboxylic acids is 1. The highest BCUT2D eigenvalue weighted by molar-refractivity contribution is 7.99. The number of hydrogen-bond acceptors (Lipinski definition) is 5. The van der Waals surface area contributed by atoms with Gasteiger partial charge in [0.25, 0.3) is 5.56 Å². The minimum atomic E-state index is -0.0929. The Kier molecular flexibility index (Phi) is 5.78. The molecule has 0 atom stereocenters. The normalized spacial score (nSPS) is 11.0. The summed E-state index contributed by atoms with van der Waals surface area (Å²) in [6, 6.07) is 7.75. The van der Waals surface area contributed by atoms with Crippen LogP contribution >= 0.6 is 23.1 Å². The molecule has 0 aliphatic heterocycles.